The Labute approximate surface area is 182 Å². The van der Waals surface area contributed by atoms with Crippen molar-refractivity contribution >= 4 is 35.3 Å². The number of aliphatic carboxylic acids is 3. The molecule has 0 aliphatic rings. The Kier molecular flexibility index (Phi) is 28.8. The van der Waals surface area contributed by atoms with Crippen LogP contribution in [0.4, 0.5) is 0 Å². The first-order valence-corrected chi connectivity index (χ1v) is 9.37. The van der Waals surface area contributed by atoms with Crippen molar-refractivity contribution < 1.29 is 68.2 Å². The molecular formula is C18H28O10Ti. The minimum absolute atomic E-state index is 0.272. The summed E-state index contributed by atoms with van der Waals surface area (Å²) in [6.07, 6.45) is -0.144. The van der Waals surface area contributed by atoms with E-state index in [2.05, 4.69) is 0 Å². The number of Topliss-reactive ketones (excluding diaryl/α,β-unsaturated/α-hetero) is 3. The van der Waals surface area contributed by atoms with E-state index in [1.54, 1.807) is 41.6 Å². The van der Waals surface area contributed by atoms with Gasteiger partial charge in [0, 0.05) is 56.4 Å². The number of ketones is 3. The van der Waals surface area contributed by atoms with Crippen molar-refractivity contribution in [2.75, 3.05) is 0 Å². The molecule has 0 saturated carbocycles. The van der Waals surface area contributed by atoms with Crippen LogP contribution in [-0.4, -0.2) is 41.4 Å². The largest absolute Gasteiger partial charge is 0.550 e. The first-order valence-electron chi connectivity index (χ1n) is 8.73. The SMILES string of the molecule is CC(C)[O][Ti+3].CCC(=O)CC(=O)[O-].CCC(=O)CC(=O)[O-].CCC(=O)CC(=O)[O-]. The molecule has 0 bridgehead atoms. The maximum atomic E-state index is 10.2. The van der Waals surface area contributed by atoms with Crippen LogP contribution in [0.15, 0.2) is 0 Å². The number of hydrogen-bond donors (Lipinski definition) is 0. The molecule has 0 unspecified atom stereocenters. The predicted molar refractivity (Wildman–Crippen MR) is 91.0 cm³/mol. The quantitative estimate of drug-likeness (QED) is 0.271. The van der Waals surface area contributed by atoms with E-state index in [9.17, 15) is 44.1 Å². The zero-order valence-corrected chi connectivity index (χ0v) is 19.0. The molecule has 0 amide bonds. The molecule has 0 rings (SSSR count). The topological polar surface area (TPSA) is 181 Å². The summed E-state index contributed by atoms with van der Waals surface area (Å²) in [6, 6.07) is 0. The standard InChI is InChI=1S/3C5H8O3.C3H7O.Ti/c3*1-2-4(6)3-5(7)8;1-3(2)4;/h3*2-3H2,1H3,(H,7,8);3H,1-2H3;/q;;;-1;+4/p-3. The summed E-state index contributed by atoms with van der Waals surface area (Å²) in [6.45, 7) is 8.85. The molecule has 0 aromatic carbocycles. The fourth-order valence-electron chi connectivity index (χ4n) is 0.858. The Morgan fingerprint density at radius 2 is 0.828 bits per heavy atom. The zero-order chi connectivity index (χ0) is 24.0. The molecule has 0 aromatic heterocycles. The van der Waals surface area contributed by atoms with Crippen LogP contribution in [0.2, 0.25) is 0 Å². The van der Waals surface area contributed by atoms with Crippen LogP contribution in [-0.2, 0) is 52.9 Å². The minimum atomic E-state index is -1.29. The van der Waals surface area contributed by atoms with Gasteiger partial charge in [-0.15, -0.1) is 0 Å². The van der Waals surface area contributed by atoms with E-state index in [4.69, 9.17) is 3.32 Å². The summed E-state index contributed by atoms with van der Waals surface area (Å²) in [7, 11) is 0. The van der Waals surface area contributed by atoms with Gasteiger partial charge >= 0.3 is 44.1 Å². The average Bonchev–Trinajstić information content (AvgIpc) is 2.61. The van der Waals surface area contributed by atoms with Crippen molar-refractivity contribution in [1.82, 2.24) is 0 Å². The summed E-state index contributed by atoms with van der Waals surface area (Å²) in [5.41, 5.74) is 0. The third-order valence-corrected chi connectivity index (χ3v) is 3.18. The van der Waals surface area contributed by atoms with E-state index in [0.717, 1.165) is 0 Å². The van der Waals surface area contributed by atoms with E-state index < -0.39 is 37.2 Å². The van der Waals surface area contributed by atoms with Crippen LogP contribution in [0.5, 0.6) is 0 Å². The Morgan fingerprint density at radius 3 is 0.862 bits per heavy atom. The molecule has 0 N–H and O–H groups in total. The van der Waals surface area contributed by atoms with Crippen molar-refractivity contribution in [3.63, 3.8) is 0 Å². The molecule has 0 spiro atoms. The molecule has 10 nitrogen and oxygen atoms in total. The van der Waals surface area contributed by atoms with Crippen LogP contribution in [0.25, 0.3) is 0 Å². The molecule has 0 fully saturated rings. The molecule has 0 aromatic rings. The van der Waals surface area contributed by atoms with E-state index in [1.165, 1.54) is 0 Å². The van der Waals surface area contributed by atoms with Gasteiger partial charge in [0.1, 0.15) is 17.3 Å². The van der Waals surface area contributed by atoms with E-state index >= 15 is 0 Å². The summed E-state index contributed by atoms with van der Waals surface area (Å²) in [5, 5.41) is 28.9. The Morgan fingerprint density at radius 1 is 0.655 bits per heavy atom. The fourth-order valence-corrected chi connectivity index (χ4v) is 0.858. The Bertz CT molecular complexity index is 448. The first-order chi connectivity index (χ1) is 13.3. The van der Waals surface area contributed by atoms with E-state index in [-0.39, 0.29) is 36.6 Å². The smallest absolute Gasteiger partial charge is 0.138 e. The maximum absolute atomic E-state index is 10.2. The summed E-state index contributed by atoms with van der Waals surface area (Å²) in [4.78, 5) is 59.5. The second-order valence-corrected chi connectivity index (χ2v) is 5.86. The van der Waals surface area contributed by atoms with Crippen molar-refractivity contribution in [1.29, 1.82) is 0 Å². The average molecular weight is 452 g/mol. The summed E-state index contributed by atoms with van der Waals surface area (Å²) >= 11 is 1.70. The van der Waals surface area contributed by atoms with Gasteiger partial charge in [0.25, 0.3) is 0 Å². The number of carbonyl (C=O) groups is 6. The van der Waals surface area contributed by atoms with Crippen molar-refractivity contribution in [2.45, 2.75) is 79.2 Å². The third-order valence-electron chi connectivity index (χ3n) is 2.44. The molecule has 11 heteroatoms. The van der Waals surface area contributed by atoms with Gasteiger partial charge in [0.15, 0.2) is 0 Å². The van der Waals surface area contributed by atoms with Crippen LogP contribution < -0.4 is 15.3 Å². The molecular weight excluding hydrogens is 424 g/mol. The van der Waals surface area contributed by atoms with Gasteiger partial charge < -0.3 is 29.7 Å². The number of carbonyl (C=O) groups excluding carboxylic acids is 6. The molecule has 0 aliphatic carbocycles. The second kappa shape index (κ2) is 24.1. The molecule has 0 saturated heterocycles. The zero-order valence-electron chi connectivity index (χ0n) is 17.4. The van der Waals surface area contributed by atoms with Gasteiger partial charge in [-0.05, 0) is 0 Å². The van der Waals surface area contributed by atoms with Crippen molar-refractivity contribution in [2.24, 2.45) is 0 Å². The van der Waals surface area contributed by atoms with Gasteiger partial charge in [0.2, 0.25) is 0 Å². The minimum Gasteiger partial charge on any atom is -0.550 e. The van der Waals surface area contributed by atoms with Crippen molar-refractivity contribution in [3.8, 4) is 0 Å². The molecule has 164 valence electrons. The van der Waals surface area contributed by atoms with Gasteiger partial charge in [-0.2, -0.15) is 0 Å². The molecule has 29 heavy (non-hydrogen) atoms. The van der Waals surface area contributed by atoms with Gasteiger partial charge in [-0.1, -0.05) is 20.8 Å². The normalized spacial score (nSPS) is 8.83. The third kappa shape index (κ3) is 46.3. The predicted octanol–water partition coefficient (Wildman–Crippen LogP) is -1.81. The summed E-state index contributed by atoms with van der Waals surface area (Å²) < 4.78 is 4.75. The Hall–Kier alpha value is -1.91. The fraction of sp³-hybridized carbons (Fsp3) is 0.667. The van der Waals surface area contributed by atoms with Crippen LogP contribution >= 0.6 is 0 Å². The summed E-state index contributed by atoms with van der Waals surface area (Å²) in [5.74, 6) is -4.74. The first kappa shape index (κ1) is 34.6. The van der Waals surface area contributed by atoms with Crippen LogP contribution in [0.1, 0.15) is 73.1 Å². The van der Waals surface area contributed by atoms with E-state index in [1.807, 2.05) is 13.8 Å². The number of hydrogen-bond acceptors (Lipinski definition) is 10. The maximum Gasteiger partial charge on any atom is 0.138 e. The number of carboxylic acid groups (broad SMARTS) is 3. The van der Waals surface area contributed by atoms with Gasteiger partial charge in [-0.3, -0.25) is 14.4 Å². The molecule has 0 heterocycles. The van der Waals surface area contributed by atoms with Crippen molar-refractivity contribution in [3.05, 3.63) is 0 Å². The van der Waals surface area contributed by atoms with E-state index in [0.29, 0.717) is 6.10 Å². The molecule has 0 aliphatic heterocycles. The Balaban J connectivity index is -0.000000146. The van der Waals surface area contributed by atoms with Crippen LogP contribution in [0.3, 0.4) is 0 Å². The number of carboxylic acids is 3. The number of rotatable bonds is 10. The monoisotopic (exact) mass is 452 g/mol. The second-order valence-electron chi connectivity index (χ2n) is 5.49. The molecule has 0 radical (unpaired) electrons. The van der Waals surface area contributed by atoms with Crippen LogP contribution in [0, 0.1) is 0 Å². The molecule has 0 atom stereocenters. The van der Waals surface area contributed by atoms with Gasteiger partial charge in [0.05, 0.1) is 0 Å². The van der Waals surface area contributed by atoms with Gasteiger partial charge in [-0.25, -0.2) is 0 Å².